The van der Waals surface area contributed by atoms with Crippen LogP contribution < -0.4 is 10.6 Å². The Morgan fingerprint density at radius 1 is 1.39 bits per heavy atom. The molecule has 2 atom stereocenters. The maximum Gasteiger partial charge on any atom is 0.335 e. The standard InChI is InChI=1S/C13H18N2O2S/c1-8-6-15(7-9(2)18-8)12-4-3-10(13(16)17)5-11(12)14/h3-5,8-9H,6-7,14H2,1-2H3,(H,16,17). The van der Waals surface area contributed by atoms with Crippen molar-refractivity contribution < 1.29 is 9.90 Å². The van der Waals surface area contributed by atoms with Crippen LogP contribution in [0.25, 0.3) is 0 Å². The molecule has 1 aliphatic heterocycles. The van der Waals surface area contributed by atoms with Crippen LogP contribution >= 0.6 is 11.8 Å². The third kappa shape index (κ3) is 2.72. The van der Waals surface area contributed by atoms with E-state index in [2.05, 4.69) is 18.7 Å². The van der Waals surface area contributed by atoms with Crippen molar-refractivity contribution in [3.63, 3.8) is 0 Å². The summed E-state index contributed by atoms with van der Waals surface area (Å²) in [6.07, 6.45) is 0. The molecule has 18 heavy (non-hydrogen) atoms. The fourth-order valence-electron chi connectivity index (χ4n) is 2.35. The minimum Gasteiger partial charge on any atom is -0.478 e. The van der Waals surface area contributed by atoms with Crippen molar-refractivity contribution in [1.82, 2.24) is 0 Å². The number of hydrogen-bond donors (Lipinski definition) is 2. The van der Waals surface area contributed by atoms with Gasteiger partial charge in [-0.25, -0.2) is 4.79 Å². The van der Waals surface area contributed by atoms with Crippen molar-refractivity contribution in [1.29, 1.82) is 0 Å². The number of nitrogen functional groups attached to an aromatic ring is 1. The molecule has 1 heterocycles. The van der Waals surface area contributed by atoms with E-state index in [0.717, 1.165) is 18.8 Å². The number of anilines is 2. The van der Waals surface area contributed by atoms with E-state index in [-0.39, 0.29) is 5.56 Å². The lowest BCUT2D eigenvalue weighted by molar-refractivity contribution is 0.0697. The fourth-order valence-corrected chi connectivity index (χ4v) is 3.68. The molecule has 1 saturated heterocycles. The number of carboxylic acid groups (broad SMARTS) is 1. The Morgan fingerprint density at radius 3 is 2.50 bits per heavy atom. The highest BCUT2D eigenvalue weighted by atomic mass is 32.2. The van der Waals surface area contributed by atoms with Crippen LogP contribution in [0.1, 0.15) is 24.2 Å². The average molecular weight is 266 g/mol. The molecule has 5 heteroatoms. The van der Waals surface area contributed by atoms with Crippen LogP contribution in [0, 0.1) is 0 Å². The Morgan fingerprint density at radius 2 is 2.00 bits per heavy atom. The van der Waals surface area contributed by atoms with Gasteiger partial charge in [-0.05, 0) is 18.2 Å². The second-order valence-corrected chi connectivity index (χ2v) is 6.62. The molecular formula is C13H18N2O2S. The van der Waals surface area contributed by atoms with Crippen LogP contribution in [0.5, 0.6) is 0 Å². The Kier molecular flexibility index (Phi) is 3.71. The summed E-state index contributed by atoms with van der Waals surface area (Å²) in [4.78, 5) is 13.1. The molecule has 0 amide bonds. The zero-order valence-electron chi connectivity index (χ0n) is 10.6. The number of thioether (sulfide) groups is 1. The smallest absolute Gasteiger partial charge is 0.335 e. The predicted molar refractivity (Wildman–Crippen MR) is 76.5 cm³/mol. The van der Waals surface area contributed by atoms with Crippen LogP contribution in [-0.4, -0.2) is 34.7 Å². The van der Waals surface area contributed by atoms with Crippen LogP contribution in [0.4, 0.5) is 11.4 Å². The SMILES string of the molecule is CC1CN(c2ccc(C(=O)O)cc2N)CC(C)S1. The minimum atomic E-state index is -0.941. The van der Waals surface area contributed by atoms with Crippen molar-refractivity contribution >= 4 is 29.1 Å². The van der Waals surface area contributed by atoms with E-state index < -0.39 is 5.97 Å². The molecule has 98 valence electrons. The topological polar surface area (TPSA) is 66.6 Å². The molecule has 2 unspecified atom stereocenters. The van der Waals surface area contributed by atoms with Gasteiger partial charge in [0.25, 0.3) is 0 Å². The Balaban J connectivity index is 2.25. The van der Waals surface area contributed by atoms with Gasteiger partial charge in [0.05, 0.1) is 16.9 Å². The van der Waals surface area contributed by atoms with E-state index in [1.54, 1.807) is 6.07 Å². The number of carbonyl (C=O) groups is 1. The van der Waals surface area contributed by atoms with Crippen LogP contribution in [0.2, 0.25) is 0 Å². The molecule has 0 saturated carbocycles. The van der Waals surface area contributed by atoms with Crippen LogP contribution in [-0.2, 0) is 0 Å². The zero-order valence-corrected chi connectivity index (χ0v) is 11.4. The Hall–Kier alpha value is -1.36. The van der Waals surface area contributed by atoms with Gasteiger partial charge in [0.2, 0.25) is 0 Å². The first-order valence-corrected chi connectivity index (χ1v) is 6.95. The van der Waals surface area contributed by atoms with E-state index in [4.69, 9.17) is 10.8 Å². The molecule has 3 N–H and O–H groups in total. The monoisotopic (exact) mass is 266 g/mol. The van der Waals surface area contributed by atoms with Crippen molar-refractivity contribution in [2.45, 2.75) is 24.3 Å². The summed E-state index contributed by atoms with van der Waals surface area (Å²) in [6, 6.07) is 4.97. The predicted octanol–water partition coefficient (Wildman–Crippen LogP) is 2.30. The molecule has 2 rings (SSSR count). The van der Waals surface area contributed by atoms with Gasteiger partial charge >= 0.3 is 5.97 Å². The van der Waals surface area contributed by atoms with E-state index in [1.807, 2.05) is 17.8 Å². The second-order valence-electron chi connectivity index (χ2n) is 4.74. The third-order valence-electron chi connectivity index (χ3n) is 3.03. The van der Waals surface area contributed by atoms with Gasteiger partial charge in [-0.2, -0.15) is 11.8 Å². The van der Waals surface area contributed by atoms with Gasteiger partial charge < -0.3 is 15.7 Å². The number of carboxylic acids is 1. The van der Waals surface area contributed by atoms with E-state index in [1.165, 1.54) is 6.07 Å². The summed E-state index contributed by atoms with van der Waals surface area (Å²) in [7, 11) is 0. The lowest BCUT2D eigenvalue weighted by atomic mass is 10.1. The average Bonchev–Trinajstić information content (AvgIpc) is 2.27. The first kappa shape index (κ1) is 13.1. The third-order valence-corrected chi connectivity index (χ3v) is 4.26. The Bertz CT molecular complexity index is 454. The maximum absolute atomic E-state index is 10.9. The zero-order chi connectivity index (χ0) is 13.3. The summed E-state index contributed by atoms with van der Waals surface area (Å²) in [5.41, 5.74) is 7.69. The maximum atomic E-state index is 10.9. The minimum absolute atomic E-state index is 0.240. The highest BCUT2D eigenvalue weighted by Gasteiger charge is 2.23. The van der Waals surface area contributed by atoms with E-state index >= 15 is 0 Å². The lowest BCUT2D eigenvalue weighted by Gasteiger charge is -2.36. The van der Waals surface area contributed by atoms with E-state index in [0.29, 0.717) is 16.2 Å². The first-order chi connectivity index (χ1) is 8.47. The molecule has 1 fully saturated rings. The van der Waals surface area contributed by atoms with Gasteiger partial charge in [0, 0.05) is 23.6 Å². The summed E-state index contributed by atoms with van der Waals surface area (Å²) in [5.74, 6) is -0.941. The Labute approximate surface area is 111 Å². The fraction of sp³-hybridized carbons (Fsp3) is 0.462. The summed E-state index contributed by atoms with van der Waals surface area (Å²) in [5, 5.41) is 10.0. The first-order valence-electron chi connectivity index (χ1n) is 6.00. The van der Waals surface area contributed by atoms with Gasteiger partial charge in [-0.15, -0.1) is 0 Å². The number of nitrogens with two attached hydrogens (primary N) is 1. The van der Waals surface area contributed by atoms with Crippen molar-refractivity contribution in [3.8, 4) is 0 Å². The lowest BCUT2D eigenvalue weighted by Crippen LogP contribution is -2.40. The van der Waals surface area contributed by atoms with Crippen molar-refractivity contribution in [2.75, 3.05) is 23.7 Å². The molecule has 4 nitrogen and oxygen atoms in total. The number of nitrogens with zero attached hydrogens (tertiary/aromatic N) is 1. The molecule has 0 radical (unpaired) electrons. The molecule has 1 aliphatic rings. The van der Waals surface area contributed by atoms with Crippen molar-refractivity contribution in [2.24, 2.45) is 0 Å². The van der Waals surface area contributed by atoms with Crippen LogP contribution in [0.15, 0.2) is 18.2 Å². The molecular weight excluding hydrogens is 248 g/mol. The molecule has 0 bridgehead atoms. The van der Waals surface area contributed by atoms with Gasteiger partial charge in [0.15, 0.2) is 0 Å². The molecule has 1 aromatic rings. The van der Waals surface area contributed by atoms with Gasteiger partial charge in [-0.3, -0.25) is 0 Å². The summed E-state index contributed by atoms with van der Waals surface area (Å²) < 4.78 is 0. The van der Waals surface area contributed by atoms with Crippen LogP contribution in [0.3, 0.4) is 0 Å². The summed E-state index contributed by atoms with van der Waals surface area (Å²) >= 11 is 1.98. The highest BCUT2D eigenvalue weighted by molar-refractivity contribution is 8.00. The quantitative estimate of drug-likeness (QED) is 0.804. The second kappa shape index (κ2) is 5.10. The molecule has 1 aromatic carbocycles. The number of benzene rings is 1. The highest BCUT2D eigenvalue weighted by Crippen LogP contribution is 2.32. The largest absolute Gasteiger partial charge is 0.478 e. The number of rotatable bonds is 2. The molecule has 0 aromatic heterocycles. The molecule has 0 spiro atoms. The van der Waals surface area contributed by atoms with Gasteiger partial charge in [0.1, 0.15) is 0 Å². The molecule has 0 aliphatic carbocycles. The number of hydrogen-bond acceptors (Lipinski definition) is 4. The van der Waals surface area contributed by atoms with E-state index in [9.17, 15) is 4.79 Å². The van der Waals surface area contributed by atoms with Crippen molar-refractivity contribution in [3.05, 3.63) is 23.8 Å². The summed E-state index contributed by atoms with van der Waals surface area (Å²) in [6.45, 7) is 6.31. The van der Waals surface area contributed by atoms with Gasteiger partial charge in [-0.1, -0.05) is 13.8 Å². The number of aromatic carboxylic acids is 1. The normalized spacial score (nSPS) is 24.0.